The number of rotatable bonds is 1. The minimum atomic E-state index is -4.66. The summed E-state index contributed by atoms with van der Waals surface area (Å²) in [5.74, 6) is -1.27. The SMILES string of the molecule is Cc1ccccc1[C@@H]1C2=C(CC(C)(C)CC2=O)Nc2nc(C(F)(F)F)nn21. The van der Waals surface area contributed by atoms with E-state index in [9.17, 15) is 18.0 Å². The number of aromatic nitrogens is 3. The molecule has 0 saturated carbocycles. The van der Waals surface area contributed by atoms with Gasteiger partial charge in [-0.25, -0.2) is 4.68 Å². The van der Waals surface area contributed by atoms with Crippen LogP contribution in [0.3, 0.4) is 0 Å². The van der Waals surface area contributed by atoms with E-state index in [-0.39, 0.29) is 17.1 Å². The first-order valence-corrected chi connectivity index (χ1v) is 8.69. The first-order chi connectivity index (χ1) is 12.6. The topological polar surface area (TPSA) is 59.8 Å². The lowest BCUT2D eigenvalue weighted by molar-refractivity contribution is -0.145. The zero-order chi connectivity index (χ0) is 19.6. The molecule has 1 aromatic carbocycles. The van der Waals surface area contributed by atoms with Crippen LogP contribution in [0.2, 0.25) is 0 Å². The van der Waals surface area contributed by atoms with Gasteiger partial charge in [0.25, 0.3) is 5.82 Å². The van der Waals surface area contributed by atoms with E-state index in [1.54, 1.807) is 0 Å². The van der Waals surface area contributed by atoms with Gasteiger partial charge < -0.3 is 5.32 Å². The van der Waals surface area contributed by atoms with Gasteiger partial charge in [0.1, 0.15) is 6.04 Å². The number of allylic oxidation sites excluding steroid dienone is 2. The van der Waals surface area contributed by atoms with E-state index >= 15 is 0 Å². The van der Waals surface area contributed by atoms with Gasteiger partial charge in [0.15, 0.2) is 5.78 Å². The van der Waals surface area contributed by atoms with E-state index < -0.39 is 18.0 Å². The van der Waals surface area contributed by atoms with Crippen molar-refractivity contribution in [3.63, 3.8) is 0 Å². The normalized spacial score (nSPS) is 21.6. The Bertz CT molecular complexity index is 972. The number of carbonyl (C=O) groups is 1. The maximum absolute atomic E-state index is 13.2. The molecule has 0 amide bonds. The van der Waals surface area contributed by atoms with Crippen molar-refractivity contribution in [2.45, 2.75) is 45.8 Å². The molecule has 4 rings (SSSR count). The van der Waals surface area contributed by atoms with Crippen molar-refractivity contribution >= 4 is 11.7 Å². The predicted molar refractivity (Wildman–Crippen MR) is 93.0 cm³/mol. The van der Waals surface area contributed by atoms with E-state index in [4.69, 9.17) is 0 Å². The highest BCUT2D eigenvalue weighted by atomic mass is 19.4. The quantitative estimate of drug-likeness (QED) is 0.808. The molecule has 1 atom stereocenters. The molecule has 0 bridgehead atoms. The number of nitrogens with zero attached hydrogens (tertiary/aromatic N) is 3. The summed E-state index contributed by atoms with van der Waals surface area (Å²) in [6, 6.07) is 6.63. The van der Waals surface area contributed by atoms with Crippen LogP contribution in [0.5, 0.6) is 0 Å². The number of Topliss-reactive ketones (excluding diaryl/α,β-unsaturated/α-hetero) is 1. The Morgan fingerprint density at radius 3 is 2.59 bits per heavy atom. The van der Waals surface area contributed by atoms with Crippen LogP contribution in [0.15, 0.2) is 35.5 Å². The van der Waals surface area contributed by atoms with Crippen LogP contribution in [0.1, 0.15) is 49.7 Å². The number of anilines is 1. The monoisotopic (exact) mass is 376 g/mol. The molecule has 2 heterocycles. The summed E-state index contributed by atoms with van der Waals surface area (Å²) in [7, 11) is 0. The summed E-state index contributed by atoms with van der Waals surface area (Å²) in [6.07, 6.45) is -3.76. The summed E-state index contributed by atoms with van der Waals surface area (Å²) >= 11 is 0. The molecule has 142 valence electrons. The molecule has 2 aliphatic rings. The van der Waals surface area contributed by atoms with E-state index in [2.05, 4.69) is 15.4 Å². The van der Waals surface area contributed by atoms with E-state index in [0.717, 1.165) is 11.1 Å². The zero-order valence-electron chi connectivity index (χ0n) is 15.2. The zero-order valence-corrected chi connectivity index (χ0v) is 15.2. The number of fused-ring (bicyclic) bond motifs is 1. The maximum atomic E-state index is 13.2. The average Bonchev–Trinajstić information content (AvgIpc) is 2.96. The van der Waals surface area contributed by atoms with Crippen molar-refractivity contribution in [3.05, 3.63) is 52.5 Å². The third-order valence-electron chi connectivity index (χ3n) is 5.07. The number of hydrogen-bond donors (Lipinski definition) is 1. The van der Waals surface area contributed by atoms with Crippen LogP contribution in [0, 0.1) is 12.3 Å². The lowest BCUT2D eigenvalue weighted by Crippen LogP contribution is -2.36. The molecule has 1 aliphatic carbocycles. The summed E-state index contributed by atoms with van der Waals surface area (Å²) in [5, 5.41) is 6.66. The predicted octanol–water partition coefficient (Wildman–Crippen LogP) is 4.26. The Morgan fingerprint density at radius 1 is 1.22 bits per heavy atom. The minimum absolute atomic E-state index is 0.0137. The van der Waals surface area contributed by atoms with Crippen LogP contribution in [-0.2, 0) is 11.0 Å². The van der Waals surface area contributed by atoms with Gasteiger partial charge in [-0.2, -0.15) is 18.2 Å². The Hall–Kier alpha value is -2.64. The molecule has 5 nitrogen and oxygen atoms in total. The standard InChI is InChI=1S/C19H19F3N4O/c1-10-6-4-5-7-11(10)15-14-12(8-18(2,3)9-13(14)27)23-17-24-16(19(20,21)22)25-26(15)17/h4-7,15H,8-9H2,1-3H3,(H,23,24,25)/t15-/m1/s1. The van der Waals surface area contributed by atoms with Crippen LogP contribution < -0.4 is 5.32 Å². The summed E-state index contributed by atoms with van der Waals surface area (Å²) in [4.78, 5) is 16.6. The van der Waals surface area contributed by atoms with E-state index in [1.165, 1.54) is 4.68 Å². The second-order valence-electron chi connectivity index (χ2n) is 7.92. The number of aryl methyl sites for hydroxylation is 1. The fourth-order valence-corrected chi connectivity index (χ4v) is 3.91. The number of carbonyl (C=O) groups excluding carboxylic acids is 1. The van der Waals surface area contributed by atoms with Crippen LogP contribution in [0.4, 0.5) is 19.1 Å². The Kier molecular flexibility index (Phi) is 3.73. The maximum Gasteiger partial charge on any atom is 0.453 e. The van der Waals surface area contributed by atoms with Crippen molar-refractivity contribution in [2.24, 2.45) is 5.41 Å². The molecule has 27 heavy (non-hydrogen) atoms. The van der Waals surface area contributed by atoms with Crippen molar-refractivity contribution in [2.75, 3.05) is 5.32 Å². The highest BCUT2D eigenvalue weighted by Gasteiger charge is 2.44. The first kappa shape index (κ1) is 17.8. The second-order valence-corrected chi connectivity index (χ2v) is 7.92. The Labute approximate surface area is 154 Å². The number of halogens is 3. The van der Waals surface area contributed by atoms with E-state index in [1.807, 2.05) is 45.0 Å². The third-order valence-corrected chi connectivity index (χ3v) is 5.07. The highest BCUT2D eigenvalue weighted by Crippen LogP contribution is 2.46. The van der Waals surface area contributed by atoms with Crippen molar-refractivity contribution in [3.8, 4) is 0 Å². The van der Waals surface area contributed by atoms with Gasteiger partial charge in [0.2, 0.25) is 5.95 Å². The van der Waals surface area contributed by atoms with Crippen LogP contribution >= 0.6 is 0 Å². The van der Waals surface area contributed by atoms with Gasteiger partial charge >= 0.3 is 6.18 Å². The average molecular weight is 376 g/mol. The van der Waals surface area contributed by atoms with Gasteiger partial charge in [-0.1, -0.05) is 38.1 Å². The fourth-order valence-electron chi connectivity index (χ4n) is 3.91. The second kappa shape index (κ2) is 5.68. The fraction of sp³-hybridized carbons (Fsp3) is 0.421. The highest BCUT2D eigenvalue weighted by molar-refractivity contribution is 6.00. The number of benzene rings is 1. The molecule has 0 spiro atoms. The third kappa shape index (κ3) is 2.93. The lowest BCUT2D eigenvalue weighted by atomic mass is 9.73. The van der Waals surface area contributed by atoms with Gasteiger partial charge in [0.05, 0.1) is 0 Å². The van der Waals surface area contributed by atoms with Gasteiger partial charge in [-0.3, -0.25) is 4.79 Å². The molecule has 0 fully saturated rings. The molecular formula is C19H19F3N4O. The van der Waals surface area contributed by atoms with Crippen molar-refractivity contribution in [1.29, 1.82) is 0 Å². The largest absolute Gasteiger partial charge is 0.453 e. The molecule has 8 heteroatoms. The van der Waals surface area contributed by atoms with Crippen molar-refractivity contribution in [1.82, 2.24) is 14.8 Å². The molecule has 0 saturated heterocycles. The van der Waals surface area contributed by atoms with Gasteiger partial charge in [-0.05, 0) is 29.9 Å². The molecule has 1 aromatic heterocycles. The summed E-state index contributed by atoms with van der Waals surface area (Å²) in [5.41, 5.74) is 2.48. The summed E-state index contributed by atoms with van der Waals surface area (Å²) < 4.78 is 40.8. The first-order valence-electron chi connectivity index (χ1n) is 8.69. The molecular weight excluding hydrogens is 357 g/mol. The number of ketones is 1. The lowest BCUT2D eigenvalue weighted by Gasteiger charge is -2.38. The van der Waals surface area contributed by atoms with Gasteiger partial charge in [0, 0.05) is 17.7 Å². The number of nitrogens with one attached hydrogen (secondary N) is 1. The molecule has 0 radical (unpaired) electrons. The number of alkyl halides is 3. The van der Waals surface area contributed by atoms with E-state index in [0.29, 0.717) is 24.1 Å². The Morgan fingerprint density at radius 2 is 1.93 bits per heavy atom. The van der Waals surface area contributed by atoms with Crippen molar-refractivity contribution < 1.29 is 18.0 Å². The van der Waals surface area contributed by atoms with Crippen LogP contribution in [-0.4, -0.2) is 20.5 Å². The molecule has 0 unspecified atom stereocenters. The Balaban J connectivity index is 1.95. The minimum Gasteiger partial charge on any atom is -0.328 e. The van der Waals surface area contributed by atoms with Gasteiger partial charge in [-0.15, -0.1) is 5.10 Å². The molecule has 2 aromatic rings. The van der Waals surface area contributed by atoms with Crippen LogP contribution in [0.25, 0.3) is 0 Å². The molecule has 1 aliphatic heterocycles. The smallest absolute Gasteiger partial charge is 0.328 e. The number of hydrogen-bond acceptors (Lipinski definition) is 4. The summed E-state index contributed by atoms with van der Waals surface area (Å²) in [6.45, 7) is 5.81. The molecule has 1 N–H and O–H groups in total.